The summed E-state index contributed by atoms with van der Waals surface area (Å²) in [5, 5.41) is 3.89. The van der Waals surface area contributed by atoms with Crippen molar-refractivity contribution < 1.29 is 17.3 Å². The molecule has 0 unspecified atom stereocenters. The van der Waals surface area contributed by atoms with Crippen molar-refractivity contribution in [3.63, 3.8) is 0 Å². The maximum atomic E-state index is 12.5. The van der Waals surface area contributed by atoms with Crippen LogP contribution in [0.2, 0.25) is 0 Å². The summed E-state index contributed by atoms with van der Waals surface area (Å²) in [6.07, 6.45) is 1.46. The minimum atomic E-state index is -4.01. The van der Waals surface area contributed by atoms with Crippen LogP contribution in [0.4, 0.5) is 0 Å². The molecule has 0 saturated carbocycles. The van der Waals surface area contributed by atoms with Crippen LogP contribution in [0.3, 0.4) is 0 Å². The Labute approximate surface area is 165 Å². The van der Waals surface area contributed by atoms with Gasteiger partial charge < -0.3 is 14.7 Å². The van der Waals surface area contributed by atoms with E-state index in [1.165, 1.54) is 18.3 Å². The average molecular weight is 458 g/mol. The zero-order chi connectivity index (χ0) is 19.2. The lowest BCUT2D eigenvalue weighted by atomic mass is 10.2. The van der Waals surface area contributed by atoms with Gasteiger partial charge in [0.05, 0.1) is 17.3 Å². The summed E-state index contributed by atoms with van der Waals surface area (Å²) in [4.78, 5) is 0.0423. The lowest BCUT2D eigenvalue weighted by molar-refractivity contribution is 0.327. The number of ether oxygens (including phenoxy) is 1. The first-order valence-electron chi connectivity index (χ1n) is 7.38. The Kier molecular flexibility index (Phi) is 6.95. The summed E-state index contributed by atoms with van der Waals surface area (Å²) >= 11 is 7.98. The zero-order valence-corrected chi connectivity index (χ0v) is 16.9. The summed E-state index contributed by atoms with van der Waals surface area (Å²) < 4.78 is 36.2. The van der Waals surface area contributed by atoms with E-state index in [0.29, 0.717) is 16.6 Å². The molecule has 0 aliphatic heterocycles. The molecule has 0 aliphatic carbocycles. The van der Waals surface area contributed by atoms with E-state index in [1.54, 1.807) is 37.3 Å². The van der Waals surface area contributed by atoms with E-state index in [-0.39, 0.29) is 21.5 Å². The molecule has 138 valence electrons. The Morgan fingerprint density at radius 1 is 1.35 bits per heavy atom. The number of hydrazone groups is 1. The molecule has 0 bridgehead atoms. The van der Waals surface area contributed by atoms with Gasteiger partial charge in [0.2, 0.25) is 0 Å². The molecule has 2 aromatic carbocycles. The molecule has 0 atom stereocenters. The first kappa shape index (κ1) is 20.1. The van der Waals surface area contributed by atoms with Gasteiger partial charge in [-0.25, -0.2) is 0 Å². The second-order valence-electron chi connectivity index (χ2n) is 4.85. The highest BCUT2D eigenvalue weighted by Gasteiger charge is 2.21. The molecule has 3 N–H and O–H groups in total. The second kappa shape index (κ2) is 8.97. The van der Waals surface area contributed by atoms with Crippen molar-refractivity contribution in [3.05, 3.63) is 52.5 Å². The number of hydrogen-bond donors (Lipinski definition) is 2. The van der Waals surface area contributed by atoms with Crippen molar-refractivity contribution in [3.8, 4) is 11.5 Å². The van der Waals surface area contributed by atoms with E-state index < -0.39 is 10.1 Å². The van der Waals surface area contributed by atoms with Crippen molar-refractivity contribution in [2.45, 2.75) is 11.8 Å². The molecule has 0 radical (unpaired) electrons. The van der Waals surface area contributed by atoms with Gasteiger partial charge in [-0.15, -0.1) is 0 Å². The summed E-state index contributed by atoms with van der Waals surface area (Å²) in [7, 11) is -4.01. The van der Waals surface area contributed by atoms with E-state index in [9.17, 15) is 8.42 Å². The molecule has 10 heteroatoms. The number of nitrogens with zero attached hydrogens (tertiary/aromatic N) is 1. The summed E-state index contributed by atoms with van der Waals surface area (Å²) in [5.41, 5.74) is 8.35. The Balaban J connectivity index is 2.38. The number of thiocarbonyl (C=S) groups is 1. The average Bonchev–Trinajstić information content (AvgIpc) is 2.59. The molecule has 0 amide bonds. The summed E-state index contributed by atoms with van der Waals surface area (Å²) in [6, 6.07) is 11.1. The maximum Gasteiger partial charge on any atom is 0.339 e. The van der Waals surface area contributed by atoms with Crippen molar-refractivity contribution >= 4 is 49.6 Å². The molecule has 0 fully saturated rings. The topological polar surface area (TPSA) is 103 Å². The molecule has 26 heavy (non-hydrogen) atoms. The number of nitrogens with one attached hydrogen (secondary N) is 1. The fourth-order valence-corrected chi connectivity index (χ4v) is 3.60. The fraction of sp³-hybridized carbons (Fsp3) is 0.125. The van der Waals surface area contributed by atoms with Gasteiger partial charge in [0.25, 0.3) is 0 Å². The van der Waals surface area contributed by atoms with Gasteiger partial charge in [-0.2, -0.15) is 13.5 Å². The van der Waals surface area contributed by atoms with Crippen LogP contribution in [0, 0.1) is 0 Å². The number of hydrogen-bond acceptors (Lipinski definition) is 6. The van der Waals surface area contributed by atoms with Crippen LogP contribution in [0.5, 0.6) is 11.5 Å². The predicted octanol–water partition coefficient (Wildman–Crippen LogP) is 2.78. The third-order valence-corrected chi connectivity index (χ3v) is 4.86. The molecule has 0 saturated heterocycles. The molecule has 0 spiro atoms. The van der Waals surface area contributed by atoms with Gasteiger partial charge in [0, 0.05) is 0 Å². The highest BCUT2D eigenvalue weighted by atomic mass is 79.9. The van der Waals surface area contributed by atoms with Crippen LogP contribution in [0.15, 0.2) is 56.9 Å². The monoisotopic (exact) mass is 457 g/mol. The third kappa shape index (κ3) is 5.41. The molecular formula is C16H16BrN3O4S2. The summed E-state index contributed by atoms with van der Waals surface area (Å²) in [5.74, 6) is 0.299. The Hall–Kier alpha value is -2.17. The van der Waals surface area contributed by atoms with Crippen molar-refractivity contribution in [1.82, 2.24) is 5.43 Å². The van der Waals surface area contributed by atoms with E-state index in [2.05, 4.69) is 38.7 Å². The number of halogens is 1. The van der Waals surface area contributed by atoms with Gasteiger partial charge >= 0.3 is 10.1 Å². The maximum absolute atomic E-state index is 12.5. The largest absolute Gasteiger partial charge is 0.490 e. The predicted molar refractivity (Wildman–Crippen MR) is 107 cm³/mol. The van der Waals surface area contributed by atoms with Crippen molar-refractivity contribution in [1.29, 1.82) is 0 Å². The van der Waals surface area contributed by atoms with E-state index in [0.717, 1.165) is 0 Å². The van der Waals surface area contributed by atoms with Crippen LogP contribution in [0.25, 0.3) is 0 Å². The lowest BCUT2D eigenvalue weighted by Crippen LogP contribution is -2.24. The second-order valence-corrected chi connectivity index (χ2v) is 7.69. The fourth-order valence-electron chi connectivity index (χ4n) is 1.92. The van der Waals surface area contributed by atoms with Gasteiger partial charge in [-0.05, 0) is 64.9 Å². The smallest absolute Gasteiger partial charge is 0.339 e. The highest BCUT2D eigenvalue weighted by molar-refractivity contribution is 9.10. The van der Waals surface area contributed by atoms with E-state index >= 15 is 0 Å². The van der Waals surface area contributed by atoms with Crippen molar-refractivity contribution in [2.75, 3.05) is 6.61 Å². The van der Waals surface area contributed by atoms with Gasteiger partial charge in [-0.3, -0.25) is 5.43 Å². The normalized spacial score (nSPS) is 11.3. The van der Waals surface area contributed by atoms with Crippen LogP contribution < -0.4 is 20.1 Å². The molecule has 2 rings (SSSR count). The SMILES string of the molecule is CCOc1cc(/C=N/NC(N)=S)cc(Br)c1OS(=O)(=O)c1ccccc1. The quantitative estimate of drug-likeness (QED) is 0.285. The van der Waals surface area contributed by atoms with Gasteiger partial charge in [0.1, 0.15) is 4.90 Å². The summed E-state index contributed by atoms with van der Waals surface area (Å²) in [6.45, 7) is 2.10. The first-order valence-corrected chi connectivity index (χ1v) is 9.99. The van der Waals surface area contributed by atoms with Crippen molar-refractivity contribution in [2.24, 2.45) is 10.8 Å². The zero-order valence-electron chi connectivity index (χ0n) is 13.7. The van der Waals surface area contributed by atoms with E-state index in [4.69, 9.17) is 14.7 Å². The standard InChI is InChI=1S/C16H16BrN3O4S2/c1-2-23-14-9-11(10-19-20-16(18)25)8-13(17)15(14)24-26(21,22)12-6-4-3-5-7-12/h3-10H,2H2,1H3,(H3,18,20,25)/b19-10+. The van der Waals surface area contributed by atoms with E-state index in [1.807, 2.05) is 0 Å². The third-order valence-electron chi connectivity index (χ3n) is 2.94. The Morgan fingerprint density at radius 2 is 2.04 bits per heavy atom. The molecule has 0 heterocycles. The van der Waals surface area contributed by atoms with Crippen LogP contribution in [-0.2, 0) is 10.1 Å². The van der Waals surface area contributed by atoms with Crippen LogP contribution in [-0.4, -0.2) is 26.4 Å². The van der Waals surface area contributed by atoms with Crippen LogP contribution in [0.1, 0.15) is 12.5 Å². The lowest BCUT2D eigenvalue weighted by Gasteiger charge is -2.14. The van der Waals surface area contributed by atoms with Gasteiger partial charge in [-0.1, -0.05) is 18.2 Å². The first-order chi connectivity index (χ1) is 12.3. The minimum Gasteiger partial charge on any atom is -0.490 e. The number of benzene rings is 2. The molecule has 2 aromatic rings. The molecular weight excluding hydrogens is 442 g/mol. The number of nitrogens with two attached hydrogens (primary N) is 1. The molecule has 7 nitrogen and oxygen atoms in total. The minimum absolute atomic E-state index is 0.0271. The number of rotatable bonds is 7. The highest BCUT2D eigenvalue weighted by Crippen LogP contribution is 2.38. The van der Waals surface area contributed by atoms with Crippen LogP contribution >= 0.6 is 28.1 Å². The Bertz CT molecular complexity index is 919. The van der Waals surface area contributed by atoms with Gasteiger partial charge in [0.15, 0.2) is 16.6 Å². The molecule has 0 aromatic heterocycles. The molecule has 0 aliphatic rings. The Morgan fingerprint density at radius 3 is 2.65 bits per heavy atom.